The lowest BCUT2D eigenvalue weighted by molar-refractivity contribution is 0.0529. The van der Waals surface area contributed by atoms with Crippen LogP contribution in [-0.4, -0.2) is 31.0 Å². The molecule has 0 fully saturated rings. The predicted molar refractivity (Wildman–Crippen MR) is 106 cm³/mol. The molecule has 2 aromatic carbocycles. The van der Waals surface area contributed by atoms with Crippen LogP contribution < -0.4 is 14.9 Å². The van der Waals surface area contributed by atoms with Crippen LogP contribution >= 0.6 is 11.6 Å². The summed E-state index contributed by atoms with van der Waals surface area (Å²) in [5, 5.41) is 4.35. The third-order valence-corrected chi connectivity index (χ3v) is 3.49. The number of hydrazone groups is 1. The molecule has 0 saturated heterocycles. The summed E-state index contributed by atoms with van der Waals surface area (Å²) >= 11 is 5.82. The van der Waals surface area contributed by atoms with Gasteiger partial charge in [0.25, 0.3) is 0 Å². The van der Waals surface area contributed by atoms with Crippen molar-refractivity contribution in [2.45, 2.75) is 26.4 Å². The molecule has 0 aliphatic carbocycles. The van der Waals surface area contributed by atoms with Crippen molar-refractivity contribution in [1.29, 1.82) is 0 Å². The molecule has 1 amide bonds. The van der Waals surface area contributed by atoms with Crippen LogP contribution in [0.2, 0.25) is 5.02 Å². The summed E-state index contributed by atoms with van der Waals surface area (Å²) in [6.07, 6.45) is 0.751. The Bertz CT molecular complexity index is 873. The van der Waals surface area contributed by atoms with Crippen molar-refractivity contribution < 1.29 is 23.8 Å². The molecule has 0 aliphatic heterocycles. The fourth-order valence-corrected chi connectivity index (χ4v) is 2.18. The molecule has 8 heteroatoms. The summed E-state index contributed by atoms with van der Waals surface area (Å²) in [6.45, 7) is 5.27. The molecule has 0 heterocycles. The number of carbonyl (C=O) groups is 2. The SMILES string of the molecule is COc1cc(/C=N/NC(=O)OC(C)(C)C)ccc1OC(=O)c1ccc(Cl)cc1. The molecule has 0 unspecified atom stereocenters. The van der Waals surface area contributed by atoms with Crippen molar-refractivity contribution in [3.63, 3.8) is 0 Å². The first-order chi connectivity index (χ1) is 13.2. The van der Waals surface area contributed by atoms with Gasteiger partial charge >= 0.3 is 12.1 Å². The average molecular weight is 405 g/mol. The van der Waals surface area contributed by atoms with Crippen LogP contribution in [0.3, 0.4) is 0 Å². The number of nitrogens with one attached hydrogen (secondary N) is 1. The minimum atomic E-state index is -0.663. The van der Waals surface area contributed by atoms with Crippen LogP contribution in [0.4, 0.5) is 4.79 Å². The first-order valence-electron chi connectivity index (χ1n) is 8.36. The Hall–Kier alpha value is -3.06. The molecular weight excluding hydrogens is 384 g/mol. The first kappa shape index (κ1) is 21.2. The molecule has 2 rings (SSSR count). The molecule has 0 saturated carbocycles. The van der Waals surface area contributed by atoms with Gasteiger partial charge in [0.15, 0.2) is 11.5 Å². The van der Waals surface area contributed by atoms with Gasteiger partial charge in [-0.2, -0.15) is 5.10 Å². The number of carbonyl (C=O) groups excluding carboxylic acids is 2. The van der Waals surface area contributed by atoms with Crippen molar-refractivity contribution in [2.75, 3.05) is 7.11 Å². The third kappa shape index (κ3) is 6.59. The number of esters is 1. The lowest BCUT2D eigenvalue weighted by atomic mass is 10.2. The summed E-state index contributed by atoms with van der Waals surface area (Å²) in [4.78, 5) is 23.8. The van der Waals surface area contributed by atoms with Crippen LogP contribution in [0.25, 0.3) is 0 Å². The van der Waals surface area contributed by atoms with Gasteiger partial charge in [-0.15, -0.1) is 0 Å². The maximum Gasteiger partial charge on any atom is 0.428 e. The molecule has 1 N–H and O–H groups in total. The van der Waals surface area contributed by atoms with E-state index in [4.69, 9.17) is 25.8 Å². The van der Waals surface area contributed by atoms with E-state index in [1.807, 2.05) is 0 Å². The molecule has 0 bridgehead atoms. The maximum absolute atomic E-state index is 12.2. The van der Waals surface area contributed by atoms with E-state index in [1.54, 1.807) is 63.2 Å². The smallest absolute Gasteiger partial charge is 0.428 e. The molecule has 28 heavy (non-hydrogen) atoms. The summed E-state index contributed by atoms with van der Waals surface area (Å²) in [7, 11) is 1.45. The van der Waals surface area contributed by atoms with Crippen molar-refractivity contribution in [3.8, 4) is 11.5 Å². The van der Waals surface area contributed by atoms with E-state index >= 15 is 0 Å². The summed E-state index contributed by atoms with van der Waals surface area (Å²) in [5.74, 6) is 0.0474. The van der Waals surface area contributed by atoms with Gasteiger partial charge in [-0.1, -0.05) is 11.6 Å². The summed E-state index contributed by atoms with van der Waals surface area (Å²) in [5.41, 5.74) is 2.64. The van der Waals surface area contributed by atoms with Gasteiger partial charge in [0, 0.05) is 5.02 Å². The van der Waals surface area contributed by atoms with E-state index in [9.17, 15) is 9.59 Å². The highest BCUT2D eigenvalue weighted by Crippen LogP contribution is 2.28. The van der Waals surface area contributed by atoms with Gasteiger partial charge in [-0.25, -0.2) is 15.0 Å². The predicted octanol–water partition coefficient (Wildman–Crippen LogP) is 4.43. The topological polar surface area (TPSA) is 86.2 Å². The van der Waals surface area contributed by atoms with Crippen LogP contribution in [0.5, 0.6) is 11.5 Å². The largest absolute Gasteiger partial charge is 0.493 e. The first-order valence-corrected chi connectivity index (χ1v) is 8.73. The Labute approximate surface area is 168 Å². The molecule has 0 aromatic heterocycles. The van der Waals surface area contributed by atoms with Gasteiger partial charge in [-0.3, -0.25) is 0 Å². The van der Waals surface area contributed by atoms with Gasteiger partial charge in [0.2, 0.25) is 0 Å². The second kappa shape index (κ2) is 9.23. The number of methoxy groups -OCH3 is 1. The number of ether oxygens (including phenoxy) is 3. The Morgan fingerprint density at radius 2 is 1.75 bits per heavy atom. The van der Waals surface area contributed by atoms with E-state index in [2.05, 4.69) is 10.5 Å². The minimum Gasteiger partial charge on any atom is -0.493 e. The fourth-order valence-electron chi connectivity index (χ4n) is 2.05. The third-order valence-electron chi connectivity index (χ3n) is 3.24. The Kier molecular flexibility index (Phi) is 7.00. The van der Waals surface area contributed by atoms with Crippen molar-refractivity contribution >= 4 is 29.9 Å². The van der Waals surface area contributed by atoms with Gasteiger partial charge in [0.05, 0.1) is 18.9 Å². The normalized spacial score (nSPS) is 11.2. The maximum atomic E-state index is 12.2. The van der Waals surface area contributed by atoms with Crippen molar-refractivity contribution in [2.24, 2.45) is 5.10 Å². The summed E-state index contributed by atoms with van der Waals surface area (Å²) < 4.78 is 15.7. The molecule has 0 radical (unpaired) electrons. The zero-order valence-corrected chi connectivity index (χ0v) is 16.7. The number of amides is 1. The standard InChI is InChI=1S/C20H21ClN2O5/c1-20(2,3)28-19(25)23-22-12-13-5-10-16(17(11-13)26-4)27-18(24)14-6-8-15(21)9-7-14/h5-12H,1-4H3,(H,23,25)/b22-12+. The number of halogens is 1. The van der Waals surface area contributed by atoms with Crippen LogP contribution in [0.15, 0.2) is 47.6 Å². The van der Waals surface area contributed by atoms with Crippen LogP contribution in [0.1, 0.15) is 36.7 Å². The van der Waals surface area contributed by atoms with Crippen LogP contribution in [-0.2, 0) is 4.74 Å². The van der Waals surface area contributed by atoms with E-state index in [0.29, 0.717) is 21.9 Å². The lowest BCUT2D eigenvalue weighted by Crippen LogP contribution is -2.29. The molecule has 2 aromatic rings. The van der Waals surface area contributed by atoms with Crippen molar-refractivity contribution in [3.05, 3.63) is 58.6 Å². The van der Waals surface area contributed by atoms with E-state index < -0.39 is 17.7 Å². The molecule has 0 aliphatic rings. The molecule has 0 atom stereocenters. The monoisotopic (exact) mass is 404 g/mol. The highest BCUT2D eigenvalue weighted by atomic mass is 35.5. The van der Waals surface area contributed by atoms with Gasteiger partial charge in [0.1, 0.15) is 5.60 Å². The Morgan fingerprint density at radius 1 is 1.07 bits per heavy atom. The molecule has 7 nitrogen and oxygen atoms in total. The average Bonchev–Trinajstić information content (AvgIpc) is 2.61. The van der Waals surface area contributed by atoms with Crippen LogP contribution in [0, 0.1) is 0 Å². The quantitative estimate of drug-likeness (QED) is 0.345. The molecular formula is C20H21ClN2O5. The van der Waals surface area contributed by atoms with E-state index in [-0.39, 0.29) is 5.75 Å². The minimum absolute atomic E-state index is 0.250. The Morgan fingerprint density at radius 3 is 2.36 bits per heavy atom. The molecule has 0 spiro atoms. The number of hydrogen-bond acceptors (Lipinski definition) is 6. The Balaban J connectivity index is 2.05. The highest BCUT2D eigenvalue weighted by molar-refractivity contribution is 6.30. The number of nitrogens with zero attached hydrogens (tertiary/aromatic N) is 1. The van der Waals surface area contributed by atoms with E-state index in [0.717, 1.165) is 0 Å². The molecule has 148 valence electrons. The highest BCUT2D eigenvalue weighted by Gasteiger charge is 2.15. The second-order valence-corrected chi connectivity index (χ2v) is 7.12. The zero-order valence-electron chi connectivity index (χ0n) is 16.0. The number of hydrogen-bond donors (Lipinski definition) is 1. The lowest BCUT2D eigenvalue weighted by Gasteiger charge is -2.18. The number of rotatable bonds is 5. The summed E-state index contributed by atoms with van der Waals surface area (Å²) in [6, 6.07) is 11.2. The fraction of sp³-hybridized carbons (Fsp3) is 0.250. The number of benzene rings is 2. The second-order valence-electron chi connectivity index (χ2n) is 6.68. The zero-order chi connectivity index (χ0) is 20.7. The van der Waals surface area contributed by atoms with Crippen molar-refractivity contribution in [1.82, 2.24) is 5.43 Å². The van der Waals surface area contributed by atoms with E-state index in [1.165, 1.54) is 13.3 Å². The van der Waals surface area contributed by atoms with Gasteiger partial charge < -0.3 is 14.2 Å². The van der Waals surface area contributed by atoms with Gasteiger partial charge in [-0.05, 0) is 68.8 Å².